The van der Waals surface area contributed by atoms with Crippen LogP contribution in [0.5, 0.6) is 11.5 Å². The van der Waals surface area contributed by atoms with Gasteiger partial charge in [0.1, 0.15) is 11.5 Å². The molecule has 0 saturated carbocycles. The van der Waals surface area contributed by atoms with Gasteiger partial charge in [-0.05, 0) is 65.6 Å². The van der Waals surface area contributed by atoms with Crippen molar-refractivity contribution in [1.29, 1.82) is 0 Å². The number of aromatic nitrogens is 1. The molecule has 0 bridgehead atoms. The van der Waals surface area contributed by atoms with Gasteiger partial charge in [0, 0.05) is 49.8 Å². The number of fused-ring (bicyclic) bond motifs is 1. The van der Waals surface area contributed by atoms with Crippen LogP contribution in [-0.4, -0.2) is 64.2 Å². The SMILES string of the molecule is CN(C)C(=O)c1cccc2c(Oc3ccc(C[C@@H](CO)N(Cc4ccccc4)C[C@H](O)c4cccc(Cl)c4)cc3)ccnc12. The van der Waals surface area contributed by atoms with Crippen LogP contribution in [0.15, 0.2) is 109 Å². The van der Waals surface area contributed by atoms with Gasteiger partial charge in [0.15, 0.2) is 0 Å². The molecule has 0 spiro atoms. The Kier molecular flexibility index (Phi) is 10.2. The lowest BCUT2D eigenvalue weighted by Crippen LogP contribution is -2.41. The third-order valence-electron chi connectivity index (χ3n) is 7.59. The van der Waals surface area contributed by atoms with Crippen LogP contribution in [0.3, 0.4) is 0 Å². The van der Waals surface area contributed by atoms with E-state index in [1.807, 2.05) is 78.9 Å². The average molecular weight is 610 g/mol. The number of rotatable bonds is 12. The molecule has 0 aliphatic heterocycles. The molecule has 2 N–H and O–H groups in total. The first-order valence-electron chi connectivity index (χ1n) is 14.5. The molecule has 1 amide bonds. The lowest BCUT2D eigenvalue weighted by atomic mass is 10.0. The summed E-state index contributed by atoms with van der Waals surface area (Å²) < 4.78 is 6.24. The van der Waals surface area contributed by atoms with Crippen LogP contribution in [0, 0.1) is 0 Å². The number of aliphatic hydroxyl groups excluding tert-OH is 2. The van der Waals surface area contributed by atoms with E-state index in [4.69, 9.17) is 16.3 Å². The standard InChI is InChI=1S/C36H36ClN3O4/c1-39(2)36(43)32-13-7-12-31-34(18-19-38-35(31)32)44-30-16-14-25(15-17-30)20-29(24-41)40(22-26-8-4-3-5-9-26)23-33(42)27-10-6-11-28(37)21-27/h3-19,21,29,33,41-42H,20,22-24H2,1-2H3/t29-,33-/m0/s1. The van der Waals surface area contributed by atoms with E-state index in [1.165, 1.54) is 4.90 Å². The molecule has 5 aromatic rings. The van der Waals surface area contributed by atoms with Gasteiger partial charge in [-0.15, -0.1) is 0 Å². The number of carbonyl (C=O) groups is 1. The number of carbonyl (C=O) groups excluding carboxylic acids is 1. The number of hydrogen-bond acceptors (Lipinski definition) is 6. The van der Waals surface area contributed by atoms with Crippen molar-refractivity contribution in [3.8, 4) is 11.5 Å². The predicted octanol–water partition coefficient (Wildman–Crippen LogP) is 6.52. The maximum atomic E-state index is 12.7. The molecule has 0 fully saturated rings. The fourth-order valence-corrected chi connectivity index (χ4v) is 5.46. The molecule has 0 unspecified atom stereocenters. The number of hydrogen-bond donors (Lipinski definition) is 2. The minimum Gasteiger partial charge on any atom is -0.457 e. The van der Waals surface area contributed by atoms with Crippen molar-refractivity contribution in [3.63, 3.8) is 0 Å². The second kappa shape index (κ2) is 14.5. The van der Waals surface area contributed by atoms with Gasteiger partial charge in [0.2, 0.25) is 0 Å². The Balaban J connectivity index is 1.33. The van der Waals surface area contributed by atoms with Crippen LogP contribution in [0.25, 0.3) is 10.9 Å². The molecule has 1 heterocycles. The van der Waals surface area contributed by atoms with E-state index in [9.17, 15) is 15.0 Å². The third kappa shape index (κ3) is 7.62. The summed E-state index contributed by atoms with van der Waals surface area (Å²) in [6.45, 7) is 0.817. The largest absolute Gasteiger partial charge is 0.457 e. The molecule has 4 aromatic carbocycles. The summed E-state index contributed by atoms with van der Waals surface area (Å²) in [5.41, 5.74) is 3.95. The first kappa shape index (κ1) is 31.2. The zero-order valence-electron chi connectivity index (χ0n) is 24.8. The van der Waals surface area contributed by atoms with E-state index in [0.29, 0.717) is 47.1 Å². The Hall–Kier alpha value is -4.27. The topological polar surface area (TPSA) is 86.1 Å². The molecule has 1 aromatic heterocycles. The van der Waals surface area contributed by atoms with E-state index in [-0.39, 0.29) is 18.6 Å². The number of para-hydroxylation sites is 1. The maximum absolute atomic E-state index is 12.7. The van der Waals surface area contributed by atoms with Crippen LogP contribution in [0.1, 0.15) is 33.2 Å². The fraction of sp³-hybridized carbons (Fsp3) is 0.222. The predicted molar refractivity (Wildman–Crippen MR) is 174 cm³/mol. The van der Waals surface area contributed by atoms with Crippen molar-refractivity contribution in [2.75, 3.05) is 27.2 Å². The third-order valence-corrected chi connectivity index (χ3v) is 7.82. The van der Waals surface area contributed by atoms with Gasteiger partial charge in [-0.1, -0.05) is 72.3 Å². The van der Waals surface area contributed by atoms with E-state index in [0.717, 1.165) is 22.1 Å². The number of amides is 1. The van der Waals surface area contributed by atoms with E-state index in [1.54, 1.807) is 44.6 Å². The highest BCUT2D eigenvalue weighted by molar-refractivity contribution is 6.30. The molecule has 0 aliphatic rings. The smallest absolute Gasteiger partial charge is 0.255 e. The Morgan fingerprint density at radius 2 is 1.66 bits per heavy atom. The van der Waals surface area contributed by atoms with Gasteiger partial charge in [0.05, 0.1) is 23.8 Å². The van der Waals surface area contributed by atoms with Crippen molar-refractivity contribution in [1.82, 2.24) is 14.8 Å². The molecule has 0 saturated heterocycles. The Morgan fingerprint density at radius 1 is 0.909 bits per heavy atom. The van der Waals surface area contributed by atoms with Crippen LogP contribution in [-0.2, 0) is 13.0 Å². The lowest BCUT2D eigenvalue weighted by Gasteiger charge is -2.32. The summed E-state index contributed by atoms with van der Waals surface area (Å²) >= 11 is 6.18. The number of aliphatic hydroxyl groups is 2. The summed E-state index contributed by atoms with van der Waals surface area (Å²) in [6.07, 6.45) is 1.44. The van der Waals surface area contributed by atoms with Gasteiger partial charge in [-0.25, -0.2) is 0 Å². The molecule has 7 nitrogen and oxygen atoms in total. The van der Waals surface area contributed by atoms with Gasteiger partial charge >= 0.3 is 0 Å². The minimum absolute atomic E-state index is 0.0790. The van der Waals surface area contributed by atoms with Crippen molar-refractivity contribution in [2.45, 2.75) is 25.1 Å². The summed E-state index contributed by atoms with van der Waals surface area (Å²) in [7, 11) is 3.43. The number of nitrogens with zero attached hydrogens (tertiary/aromatic N) is 3. The molecule has 5 rings (SSSR count). The zero-order chi connectivity index (χ0) is 31.1. The molecule has 2 atom stereocenters. The summed E-state index contributed by atoms with van der Waals surface area (Å²) in [5, 5.41) is 22.9. The van der Waals surface area contributed by atoms with E-state index in [2.05, 4.69) is 9.88 Å². The fourth-order valence-electron chi connectivity index (χ4n) is 5.26. The Bertz CT molecular complexity index is 1700. The van der Waals surface area contributed by atoms with Crippen LogP contribution in [0.4, 0.5) is 0 Å². The molecule has 44 heavy (non-hydrogen) atoms. The highest BCUT2D eigenvalue weighted by atomic mass is 35.5. The summed E-state index contributed by atoms with van der Waals surface area (Å²) in [5.74, 6) is 1.13. The molecular formula is C36H36ClN3O4. The summed E-state index contributed by atoms with van der Waals surface area (Å²) in [4.78, 5) is 20.8. The van der Waals surface area contributed by atoms with Crippen LogP contribution in [0.2, 0.25) is 5.02 Å². The quantitative estimate of drug-likeness (QED) is 0.167. The van der Waals surface area contributed by atoms with Gasteiger partial charge in [-0.3, -0.25) is 14.7 Å². The highest BCUT2D eigenvalue weighted by Gasteiger charge is 2.23. The van der Waals surface area contributed by atoms with E-state index >= 15 is 0 Å². The molecular weight excluding hydrogens is 574 g/mol. The van der Waals surface area contributed by atoms with Crippen molar-refractivity contribution >= 4 is 28.4 Å². The Morgan fingerprint density at radius 3 is 2.36 bits per heavy atom. The monoisotopic (exact) mass is 609 g/mol. The molecule has 0 aliphatic carbocycles. The van der Waals surface area contributed by atoms with Crippen molar-refractivity contribution in [3.05, 3.63) is 137 Å². The van der Waals surface area contributed by atoms with Crippen molar-refractivity contribution < 1.29 is 19.7 Å². The summed E-state index contributed by atoms with van der Waals surface area (Å²) in [6, 6.07) is 32.1. The van der Waals surface area contributed by atoms with Crippen molar-refractivity contribution in [2.24, 2.45) is 0 Å². The first-order valence-corrected chi connectivity index (χ1v) is 14.9. The zero-order valence-corrected chi connectivity index (χ0v) is 25.6. The second-order valence-electron chi connectivity index (χ2n) is 11.0. The number of ether oxygens (including phenoxy) is 1. The second-order valence-corrected chi connectivity index (χ2v) is 11.4. The van der Waals surface area contributed by atoms with E-state index < -0.39 is 6.10 Å². The lowest BCUT2D eigenvalue weighted by molar-refractivity contribution is 0.0566. The maximum Gasteiger partial charge on any atom is 0.255 e. The van der Waals surface area contributed by atoms with Crippen LogP contribution < -0.4 is 4.74 Å². The number of pyridine rings is 1. The molecule has 8 heteroatoms. The number of benzene rings is 4. The Labute approximate surface area is 262 Å². The average Bonchev–Trinajstić information content (AvgIpc) is 3.04. The first-order chi connectivity index (χ1) is 21.3. The highest BCUT2D eigenvalue weighted by Crippen LogP contribution is 2.31. The van der Waals surface area contributed by atoms with Gasteiger partial charge < -0.3 is 19.8 Å². The van der Waals surface area contributed by atoms with Gasteiger partial charge in [-0.2, -0.15) is 0 Å². The normalized spacial score (nSPS) is 12.7. The minimum atomic E-state index is -0.772. The number of halogens is 1. The molecule has 226 valence electrons. The van der Waals surface area contributed by atoms with Crippen LogP contribution >= 0.6 is 11.6 Å². The van der Waals surface area contributed by atoms with Gasteiger partial charge in [0.25, 0.3) is 5.91 Å². The molecule has 0 radical (unpaired) electrons.